The predicted octanol–water partition coefficient (Wildman–Crippen LogP) is 0.636. The number of ether oxygens (including phenoxy) is 1. The van der Waals surface area contributed by atoms with Gasteiger partial charge in [0.25, 0.3) is 5.91 Å². The maximum absolute atomic E-state index is 11.4. The van der Waals surface area contributed by atoms with Crippen LogP contribution in [0.15, 0.2) is 4.34 Å². The zero-order valence-corrected chi connectivity index (χ0v) is 9.57. The molecule has 0 spiro atoms. The molecule has 78 valence electrons. The van der Waals surface area contributed by atoms with Crippen molar-refractivity contribution in [1.29, 1.82) is 0 Å². The molecule has 1 amide bonds. The molecule has 1 aromatic heterocycles. The molecule has 0 aliphatic rings. The van der Waals surface area contributed by atoms with Crippen molar-refractivity contribution in [3.8, 4) is 0 Å². The maximum Gasteiger partial charge on any atom is 0.282 e. The molecular formula is C7H11N3O2S2. The molecule has 1 heterocycles. The summed E-state index contributed by atoms with van der Waals surface area (Å²) in [4.78, 5) is 11.4. The number of hydrogen-bond donors (Lipinski definition) is 1. The fourth-order valence-corrected chi connectivity index (χ4v) is 1.91. The van der Waals surface area contributed by atoms with Crippen LogP contribution in [-0.2, 0) is 4.74 Å². The normalized spacial score (nSPS) is 10.1. The lowest BCUT2D eigenvalue weighted by atomic mass is 10.6. The van der Waals surface area contributed by atoms with Crippen LogP contribution in [0, 0.1) is 0 Å². The van der Waals surface area contributed by atoms with Crippen LogP contribution < -0.4 is 5.32 Å². The molecule has 0 atom stereocenters. The number of carbonyl (C=O) groups is 1. The predicted molar refractivity (Wildman–Crippen MR) is 55.9 cm³/mol. The molecule has 0 aliphatic heterocycles. The molecule has 1 aromatic rings. The van der Waals surface area contributed by atoms with E-state index in [4.69, 9.17) is 4.74 Å². The van der Waals surface area contributed by atoms with Gasteiger partial charge in [-0.25, -0.2) is 0 Å². The second-order valence-corrected chi connectivity index (χ2v) is 4.36. The van der Waals surface area contributed by atoms with Crippen LogP contribution >= 0.6 is 23.1 Å². The first-order valence-corrected chi connectivity index (χ1v) is 5.96. The lowest BCUT2D eigenvalue weighted by Crippen LogP contribution is -2.26. The zero-order valence-electron chi connectivity index (χ0n) is 7.94. The van der Waals surface area contributed by atoms with Crippen molar-refractivity contribution in [1.82, 2.24) is 15.5 Å². The standard InChI is InChI=1S/C7H11N3O2S2/c1-12-4-3-8-5(11)6-9-10-7(13-2)14-6/h3-4H2,1-2H3,(H,8,11). The molecular weight excluding hydrogens is 222 g/mol. The van der Waals surface area contributed by atoms with Gasteiger partial charge in [-0.05, 0) is 6.26 Å². The van der Waals surface area contributed by atoms with Gasteiger partial charge in [-0.15, -0.1) is 10.2 Å². The minimum Gasteiger partial charge on any atom is -0.383 e. The van der Waals surface area contributed by atoms with Crippen LogP contribution in [0.4, 0.5) is 0 Å². The number of nitrogens with zero attached hydrogens (tertiary/aromatic N) is 2. The van der Waals surface area contributed by atoms with Crippen LogP contribution in [0.25, 0.3) is 0 Å². The van der Waals surface area contributed by atoms with E-state index < -0.39 is 0 Å². The smallest absolute Gasteiger partial charge is 0.282 e. The molecule has 0 radical (unpaired) electrons. The van der Waals surface area contributed by atoms with E-state index in [0.717, 1.165) is 4.34 Å². The van der Waals surface area contributed by atoms with Gasteiger partial charge < -0.3 is 10.1 Å². The van der Waals surface area contributed by atoms with E-state index in [9.17, 15) is 4.79 Å². The average Bonchev–Trinajstić information content (AvgIpc) is 2.66. The molecule has 7 heteroatoms. The van der Waals surface area contributed by atoms with Crippen molar-refractivity contribution >= 4 is 29.0 Å². The Hall–Kier alpha value is -0.660. The molecule has 5 nitrogen and oxygen atoms in total. The second-order valence-electron chi connectivity index (χ2n) is 2.33. The van der Waals surface area contributed by atoms with Gasteiger partial charge in [0.2, 0.25) is 5.01 Å². The summed E-state index contributed by atoms with van der Waals surface area (Å²) in [6.07, 6.45) is 1.90. The number of thioether (sulfide) groups is 1. The van der Waals surface area contributed by atoms with E-state index >= 15 is 0 Å². The highest BCUT2D eigenvalue weighted by Gasteiger charge is 2.11. The van der Waals surface area contributed by atoms with E-state index in [0.29, 0.717) is 18.2 Å². The van der Waals surface area contributed by atoms with E-state index in [2.05, 4.69) is 15.5 Å². The third kappa shape index (κ3) is 3.24. The summed E-state index contributed by atoms with van der Waals surface area (Å²) in [6.45, 7) is 0.990. The van der Waals surface area contributed by atoms with Crippen LogP contribution in [0.1, 0.15) is 9.80 Å². The molecule has 0 bridgehead atoms. The van der Waals surface area contributed by atoms with Gasteiger partial charge in [0.1, 0.15) is 0 Å². The minimum atomic E-state index is -0.195. The quantitative estimate of drug-likeness (QED) is 0.597. The number of nitrogens with one attached hydrogen (secondary N) is 1. The Morgan fingerprint density at radius 2 is 2.43 bits per heavy atom. The molecule has 0 unspecified atom stereocenters. The lowest BCUT2D eigenvalue weighted by Gasteiger charge is -1.99. The van der Waals surface area contributed by atoms with E-state index in [1.54, 1.807) is 7.11 Å². The maximum atomic E-state index is 11.4. The van der Waals surface area contributed by atoms with Gasteiger partial charge in [0.15, 0.2) is 4.34 Å². The Balaban J connectivity index is 2.44. The molecule has 14 heavy (non-hydrogen) atoms. The first kappa shape index (κ1) is 11.4. The largest absolute Gasteiger partial charge is 0.383 e. The summed E-state index contributed by atoms with van der Waals surface area (Å²) in [5.41, 5.74) is 0. The molecule has 0 fully saturated rings. The van der Waals surface area contributed by atoms with Crippen LogP contribution in [0.3, 0.4) is 0 Å². The van der Waals surface area contributed by atoms with Crippen LogP contribution in [-0.4, -0.2) is 42.6 Å². The number of rotatable bonds is 5. The third-order valence-electron chi connectivity index (χ3n) is 1.37. The highest BCUT2D eigenvalue weighted by Crippen LogP contribution is 2.18. The number of carbonyl (C=O) groups excluding carboxylic acids is 1. The topological polar surface area (TPSA) is 64.1 Å². The van der Waals surface area contributed by atoms with Gasteiger partial charge in [-0.3, -0.25) is 4.79 Å². The summed E-state index contributed by atoms with van der Waals surface area (Å²) >= 11 is 2.76. The SMILES string of the molecule is COCCNC(=O)c1nnc(SC)s1. The first-order chi connectivity index (χ1) is 6.77. The van der Waals surface area contributed by atoms with E-state index in [-0.39, 0.29) is 5.91 Å². The lowest BCUT2D eigenvalue weighted by molar-refractivity contribution is 0.0936. The Kier molecular flexibility index (Phi) is 4.85. The van der Waals surface area contributed by atoms with E-state index in [1.165, 1.54) is 23.1 Å². The van der Waals surface area contributed by atoms with Crippen molar-refractivity contribution in [2.24, 2.45) is 0 Å². The molecule has 1 N–H and O–H groups in total. The van der Waals surface area contributed by atoms with Gasteiger partial charge in [0.05, 0.1) is 6.61 Å². The van der Waals surface area contributed by atoms with Crippen molar-refractivity contribution < 1.29 is 9.53 Å². The summed E-state index contributed by atoms with van der Waals surface area (Å²) in [6, 6.07) is 0. The molecule has 0 saturated carbocycles. The highest BCUT2D eigenvalue weighted by atomic mass is 32.2. The summed E-state index contributed by atoms with van der Waals surface area (Å²) in [7, 11) is 1.59. The number of amides is 1. The number of hydrogen-bond acceptors (Lipinski definition) is 6. The monoisotopic (exact) mass is 233 g/mol. The van der Waals surface area contributed by atoms with Gasteiger partial charge in [0, 0.05) is 13.7 Å². The van der Waals surface area contributed by atoms with Crippen LogP contribution in [0.2, 0.25) is 0 Å². The Morgan fingerprint density at radius 3 is 3.00 bits per heavy atom. The summed E-state index contributed by atoms with van der Waals surface area (Å²) < 4.78 is 5.60. The van der Waals surface area contributed by atoms with Crippen molar-refractivity contribution in [3.63, 3.8) is 0 Å². The average molecular weight is 233 g/mol. The van der Waals surface area contributed by atoms with Gasteiger partial charge in [-0.2, -0.15) is 0 Å². The Morgan fingerprint density at radius 1 is 1.64 bits per heavy atom. The Bertz CT molecular complexity index is 303. The molecule has 0 saturated heterocycles. The highest BCUT2D eigenvalue weighted by molar-refractivity contribution is 8.00. The summed E-state index contributed by atoms with van der Waals surface area (Å²) in [5, 5.41) is 10.6. The fraction of sp³-hybridized carbons (Fsp3) is 0.571. The molecule has 0 aromatic carbocycles. The zero-order chi connectivity index (χ0) is 10.4. The minimum absolute atomic E-state index is 0.195. The van der Waals surface area contributed by atoms with Gasteiger partial charge >= 0.3 is 0 Å². The molecule has 1 rings (SSSR count). The van der Waals surface area contributed by atoms with Crippen molar-refractivity contribution in [2.75, 3.05) is 26.5 Å². The van der Waals surface area contributed by atoms with Gasteiger partial charge in [-0.1, -0.05) is 23.1 Å². The summed E-state index contributed by atoms with van der Waals surface area (Å²) in [5.74, 6) is -0.195. The van der Waals surface area contributed by atoms with Crippen molar-refractivity contribution in [2.45, 2.75) is 4.34 Å². The van der Waals surface area contributed by atoms with Crippen LogP contribution in [0.5, 0.6) is 0 Å². The van der Waals surface area contributed by atoms with E-state index in [1.807, 2.05) is 6.26 Å². The third-order valence-corrected chi connectivity index (χ3v) is 3.26. The first-order valence-electron chi connectivity index (χ1n) is 3.92. The Labute approximate surface area is 90.3 Å². The number of methoxy groups -OCH3 is 1. The fourth-order valence-electron chi connectivity index (χ4n) is 0.726. The number of aromatic nitrogens is 2. The second kappa shape index (κ2) is 5.94. The van der Waals surface area contributed by atoms with Crippen molar-refractivity contribution in [3.05, 3.63) is 5.01 Å². The molecule has 0 aliphatic carbocycles.